The molecule has 0 aliphatic heterocycles. The van der Waals surface area contributed by atoms with E-state index in [1.165, 1.54) is 24.2 Å². The first kappa shape index (κ1) is 26.2. The van der Waals surface area contributed by atoms with Crippen LogP contribution in [0.5, 0.6) is 0 Å². The Morgan fingerprint density at radius 1 is 1.17 bits per heavy atom. The molecule has 0 spiro atoms. The normalized spacial score (nSPS) is 14.7. The number of hydrogen-bond acceptors (Lipinski definition) is 7. The van der Waals surface area contributed by atoms with Crippen molar-refractivity contribution in [1.29, 1.82) is 0 Å². The van der Waals surface area contributed by atoms with E-state index in [2.05, 4.69) is 15.3 Å². The Morgan fingerprint density at radius 2 is 1.94 bits per heavy atom. The molecule has 1 fully saturated rings. The van der Waals surface area contributed by atoms with Crippen LogP contribution in [0.3, 0.4) is 0 Å². The first-order valence-electron chi connectivity index (χ1n) is 12.2. The van der Waals surface area contributed by atoms with Gasteiger partial charge in [0.1, 0.15) is 0 Å². The number of carbonyl (C=O) groups is 3. The van der Waals surface area contributed by atoms with Crippen LogP contribution in [0.15, 0.2) is 54.2 Å². The molecule has 4 rings (SSSR count). The molecule has 9 heteroatoms. The van der Waals surface area contributed by atoms with Crippen LogP contribution in [0.2, 0.25) is 0 Å². The Hall–Kier alpha value is -2.83. The first-order valence-corrected chi connectivity index (χ1v) is 14.9. The maximum atomic E-state index is 13.4. The molecule has 1 aliphatic carbocycles. The Bertz CT molecular complexity index is 1180. The van der Waals surface area contributed by atoms with E-state index in [0.717, 1.165) is 29.2 Å². The van der Waals surface area contributed by atoms with Gasteiger partial charge in [0.2, 0.25) is 0 Å². The molecule has 1 radical (unpaired) electrons. The fraction of sp³-hybridized carbons (Fsp3) is 0.370. The number of benzene rings is 1. The number of aromatic nitrogens is 2. The number of hydrogen-bond donors (Lipinski definition) is 1. The number of amides is 1. The van der Waals surface area contributed by atoms with Gasteiger partial charge >= 0.3 is 199 Å². The van der Waals surface area contributed by atoms with Crippen LogP contribution in [0.25, 0.3) is 0 Å². The fourth-order valence-electron chi connectivity index (χ4n) is 4.42. The molecule has 187 valence electrons. The molecule has 2 aromatic heterocycles. The SMILES string of the molecule is CCOC(=O)Cc1csc(NC(=O)C(CC2CCCC2)c2ccc([As]C(=O)c3cccnc3)cc2)n1. The molecule has 0 bridgehead atoms. The summed E-state index contributed by atoms with van der Waals surface area (Å²) in [6.07, 6.45) is 8.85. The Kier molecular flexibility index (Phi) is 9.42. The molecule has 1 N–H and O–H groups in total. The van der Waals surface area contributed by atoms with Crippen LogP contribution in [-0.2, 0) is 20.7 Å². The average Bonchev–Trinajstić information content (AvgIpc) is 3.56. The summed E-state index contributed by atoms with van der Waals surface area (Å²) < 4.78 is 6.08. The van der Waals surface area contributed by atoms with Gasteiger partial charge in [-0.2, -0.15) is 0 Å². The van der Waals surface area contributed by atoms with Crippen molar-refractivity contribution >= 4 is 53.0 Å². The fourth-order valence-corrected chi connectivity index (χ4v) is 6.80. The van der Waals surface area contributed by atoms with Crippen molar-refractivity contribution in [2.75, 3.05) is 11.9 Å². The van der Waals surface area contributed by atoms with Gasteiger partial charge in [-0.15, -0.1) is 0 Å². The number of esters is 1. The van der Waals surface area contributed by atoms with Gasteiger partial charge in [0, 0.05) is 0 Å². The van der Waals surface area contributed by atoms with Gasteiger partial charge in [0.05, 0.1) is 6.61 Å². The summed E-state index contributed by atoms with van der Waals surface area (Å²) in [5, 5.41) is 5.23. The number of pyridine rings is 1. The number of carbonyl (C=O) groups excluding carboxylic acids is 3. The minimum atomic E-state index is -0.683. The number of nitrogens with one attached hydrogen (secondary N) is 1. The van der Waals surface area contributed by atoms with Gasteiger partial charge in [-0.1, -0.05) is 0 Å². The van der Waals surface area contributed by atoms with E-state index < -0.39 is 15.8 Å². The van der Waals surface area contributed by atoms with Crippen LogP contribution < -0.4 is 9.67 Å². The summed E-state index contributed by atoms with van der Waals surface area (Å²) in [6, 6.07) is 11.5. The molecule has 0 saturated heterocycles. The number of thiazole rings is 1. The van der Waals surface area contributed by atoms with Crippen LogP contribution in [0.4, 0.5) is 5.13 Å². The summed E-state index contributed by atoms with van der Waals surface area (Å²) in [7, 11) is 0. The predicted molar refractivity (Wildman–Crippen MR) is 141 cm³/mol. The standard InChI is InChI=1S/C27H29AsN3O4S/c1-2-35-24(32)15-22-17-36-27(30-22)31-26(34)23(14-18-6-3-4-7-18)19-9-11-21(12-10-19)28-25(33)20-8-5-13-29-16-20/h5,8-13,16-18,23H,2-4,6-7,14-15H2,1H3,(H,30,31,34). The second-order valence-electron chi connectivity index (χ2n) is 8.80. The molecular formula is C27H29AsN3O4S. The van der Waals surface area contributed by atoms with Crippen molar-refractivity contribution in [2.24, 2.45) is 5.92 Å². The van der Waals surface area contributed by atoms with Gasteiger partial charge in [-0.05, 0) is 6.92 Å². The quantitative estimate of drug-likeness (QED) is 0.277. The molecule has 1 saturated carbocycles. The van der Waals surface area contributed by atoms with Crippen LogP contribution >= 0.6 is 11.3 Å². The molecular weight excluding hydrogens is 537 g/mol. The van der Waals surface area contributed by atoms with E-state index in [0.29, 0.717) is 28.9 Å². The second-order valence-corrected chi connectivity index (χ2v) is 12.1. The van der Waals surface area contributed by atoms with Crippen molar-refractivity contribution < 1.29 is 19.1 Å². The Morgan fingerprint density at radius 3 is 2.64 bits per heavy atom. The summed E-state index contributed by atoms with van der Waals surface area (Å²) in [4.78, 5) is 46.1. The second kappa shape index (κ2) is 12.9. The molecule has 1 amide bonds. The molecule has 1 aliphatic rings. The van der Waals surface area contributed by atoms with Crippen molar-refractivity contribution in [2.45, 2.75) is 51.4 Å². The summed E-state index contributed by atoms with van der Waals surface area (Å²) in [5.41, 5.74) is 2.17. The monoisotopic (exact) mass is 566 g/mol. The molecule has 7 nitrogen and oxygen atoms in total. The summed E-state index contributed by atoms with van der Waals surface area (Å²) in [6.45, 7) is 2.09. The van der Waals surface area contributed by atoms with Crippen molar-refractivity contribution in [3.63, 3.8) is 0 Å². The van der Waals surface area contributed by atoms with E-state index in [1.807, 2.05) is 24.3 Å². The van der Waals surface area contributed by atoms with Gasteiger partial charge in [0.25, 0.3) is 0 Å². The van der Waals surface area contributed by atoms with E-state index >= 15 is 0 Å². The van der Waals surface area contributed by atoms with Gasteiger partial charge in [-0.3, -0.25) is 4.79 Å². The Balaban J connectivity index is 1.45. The van der Waals surface area contributed by atoms with Crippen LogP contribution in [0, 0.1) is 5.92 Å². The zero-order chi connectivity index (χ0) is 25.3. The molecule has 1 atom stereocenters. The summed E-state index contributed by atoms with van der Waals surface area (Å²) in [5.74, 6) is -0.199. The predicted octanol–water partition coefficient (Wildman–Crippen LogP) is 4.12. The van der Waals surface area contributed by atoms with Crippen LogP contribution in [0.1, 0.15) is 66.6 Å². The van der Waals surface area contributed by atoms with Crippen LogP contribution in [-0.4, -0.2) is 48.8 Å². The third-order valence-electron chi connectivity index (χ3n) is 6.21. The summed E-state index contributed by atoms with van der Waals surface area (Å²) >= 11 is 0.628. The first-order chi connectivity index (χ1) is 17.5. The maximum absolute atomic E-state index is 13.4. The van der Waals surface area contributed by atoms with Gasteiger partial charge < -0.3 is 4.74 Å². The molecule has 2 heterocycles. The average molecular weight is 567 g/mol. The minimum absolute atomic E-state index is 0.0908. The topological polar surface area (TPSA) is 98.2 Å². The Labute approximate surface area is 221 Å². The van der Waals surface area contributed by atoms with E-state index in [4.69, 9.17) is 4.74 Å². The molecule has 1 aromatic carbocycles. The molecule has 3 aromatic rings. The van der Waals surface area contributed by atoms with Crippen molar-refractivity contribution in [3.05, 3.63) is 71.0 Å². The molecule has 36 heavy (non-hydrogen) atoms. The van der Waals surface area contributed by atoms with Crippen molar-refractivity contribution in [1.82, 2.24) is 9.97 Å². The number of ether oxygens (including phenoxy) is 1. The van der Waals surface area contributed by atoms with E-state index in [9.17, 15) is 14.4 Å². The van der Waals surface area contributed by atoms with E-state index in [1.54, 1.807) is 36.8 Å². The van der Waals surface area contributed by atoms with Gasteiger partial charge in [-0.25, -0.2) is 0 Å². The third kappa shape index (κ3) is 7.34. The zero-order valence-electron chi connectivity index (χ0n) is 20.2. The third-order valence-corrected chi connectivity index (χ3v) is 9.15. The molecule has 1 unspecified atom stereocenters. The number of rotatable bonds is 11. The van der Waals surface area contributed by atoms with Crippen molar-refractivity contribution in [3.8, 4) is 0 Å². The van der Waals surface area contributed by atoms with Gasteiger partial charge in [0.15, 0.2) is 0 Å². The number of anilines is 1. The zero-order valence-corrected chi connectivity index (χ0v) is 22.9. The number of nitrogens with zero attached hydrogens (tertiary/aromatic N) is 2. The van der Waals surface area contributed by atoms with E-state index in [-0.39, 0.29) is 28.8 Å².